The van der Waals surface area contributed by atoms with Gasteiger partial charge >= 0.3 is 6.18 Å². The summed E-state index contributed by atoms with van der Waals surface area (Å²) in [5.41, 5.74) is -1.87. The number of anilines is 1. The van der Waals surface area contributed by atoms with Gasteiger partial charge in [0, 0.05) is 0 Å². The molecule has 1 aromatic rings. The van der Waals surface area contributed by atoms with Crippen LogP contribution in [0, 0.1) is 0 Å². The SMILES string of the molecule is FN(F)c1cccc(C(F)(F)F)c1. The molecule has 0 amide bonds. The Labute approximate surface area is 70.3 Å². The monoisotopic (exact) mass is 197 g/mol. The van der Waals surface area contributed by atoms with E-state index in [9.17, 15) is 22.1 Å². The Hall–Kier alpha value is -1.33. The van der Waals surface area contributed by atoms with E-state index in [1.807, 2.05) is 0 Å². The predicted octanol–water partition coefficient (Wildman–Crippen LogP) is 3.28. The molecule has 0 aliphatic rings. The highest BCUT2D eigenvalue weighted by Crippen LogP contribution is 2.31. The van der Waals surface area contributed by atoms with Crippen LogP contribution in [0.2, 0.25) is 0 Å². The lowest BCUT2D eigenvalue weighted by Gasteiger charge is -2.08. The summed E-state index contributed by atoms with van der Waals surface area (Å²) in [6, 6.07) is 2.91. The molecule has 0 radical (unpaired) electrons. The van der Waals surface area contributed by atoms with E-state index in [1.165, 1.54) is 0 Å². The third-order valence-electron chi connectivity index (χ3n) is 1.37. The van der Waals surface area contributed by atoms with E-state index >= 15 is 0 Å². The Morgan fingerprint density at radius 2 is 1.69 bits per heavy atom. The van der Waals surface area contributed by atoms with E-state index in [4.69, 9.17) is 0 Å². The molecule has 0 aliphatic carbocycles. The predicted molar refractivity (Wildman–Crippen MR) is 36.1 cm³/mol. The van der Waals surface area contributed by atoms with Gasteiger partial charge in [0.25, 0.3) is 0 Å². The van der Waals surface area contributed by atoms with Crippen molar-refractivity contribution in [3.05, 3.63) is 29.8 Å². The summed E-state index contributed by atoms with van der Waals surface area (Å²) in [6.45, 7) is 0. The molecular formula is C7H4F5N. The van der Waals surface area contributed by atoms with Gasteiger partial charge in [-0.3, -0.25) is 0 Å². The number of nitrogens with zero attached hydrogens (tertiary/aromatic N) is 1. The lowest BCUT2D eigenvalue weighted by atomic mass is 10.2. The zero-order valence-electron chi connectivity index (χ0n) is 6.15. The summed E-state index contributed by atoms with van der Waals surface area (Å²) in [7, 11) is 0. The van der Waals surface area contributed by atoms with Gasteiger partial charge < -0.3 is 0 Å². The van der Waals surface area contributed by atoms with Gasteiger partial charge in [-0.05, 0) is 23.5 Å². The third kappa shape index (κ3) is 2.30. The number of benzene rings is 1. The molecular weight excluding hydrogens is 193 g/mol. The van der Waals surface area contributed by atoms with Gasteiger partial charge in [0.15, 0.2) is 0 Å². The first-order valence-electron chi connectivity index (χ1n) is 3.20. The summed E-state index contributed by atoms with van der Waals surface area (Å²) in [4.78, 5) is 0. The van der Waals surface area contributed by atoms with Crippen molar-refractivity contribution in [1.82, 2.24) is 0 Å². The van der Waals surface area contributed by atoms with E-state index < -0.39 is 22.8 Å². The maximum atomic E-state index is 12.0. The van der Waals surface area contributed by atoms with Crippen LogP contribution in [-0.4, -0.2) is 0 Å². The van der Waals surface area contributed by atoms with Crippen molar-refractivity contribution in [2.75, 3.05) is 5.34 Å². The van der Waals surface area contributed by atoms with Crippen molar-refractivity contribution in [3.63, 3.8) is 0 Å². The second-order valence-corrected chi connectivity index (χ2v) is 2.28. The van der Waals surface area contributed by atoms with E-state index in [0.717, 1.165) is 18.2 Å². The fourth-order valence-corrected chi connectivity index (χ4v) is 0.787. The van der Waals surface area contributed by atoms with Crippen LogP contribution in [0.3, 0.4) is 0 Å². The number of hydrogen-bond acceptors (Lipinski definition) is 1. The number of alkyl halides is 3. The van der Waals surface area contributed by atoms with Gasteiger partial charge in [0.05, 0.1) is 5.56 Å². The van der Waals surface area contributed by atoms with Gasteiger partial charge in [0.1, 0.15) is 5.69 Å². The average molecular weight is 197 g/mol. The van der Waals surface area contributed by atoms with Crippen LogP contribution in [0.25, 0.3) is 0 Å². The van der Waals surface area contributed by atoms with Crippen molar-refractivity contribution >= 4 is 5.69 Å². The highest BCUT2D eigenvalue weighted by Gasteiger charge is 2.30. The fraction of sp³-hybridized carbons (Fsp3) is 0.143. The molecule has 13 heavy (non-hydrogen) atoms. The van der Waals surface area contributed by atoms with Crippen molar-refractivity contribution in [1.29, 1.82) is 0 Å². The van der Waals surface area contributed by atoms with Crippen molar-refractivity contribution in [2.45, 2.75) is 6.18 Å². The molecule has 0 fully saturated rings. The second kappa shape index (κ2) is 3.20. The zero-order valence-corrected chi connectivity index (χ0v) is 6.15. The molecule has 0 atom stereocenters. The molecule has 0 aromatic heterocycles. The molecule has 6 heteroatoms. The Bertz CT molecular complexity index is 293. The van der Waals surface area contributed by atoms with E-state index in [2.05, 4.69) is 0 Å². The van der Waals surface area contributed by atoms with Crippen LogP contribution in [0.1, 0.15) is 5.56 Å². The number of halogens is 5. The minimum atomic E-state index is -4.59. The van der Waals surface area contributed by atoms with Crippen LogP contribution >= 0.6 is 0 Å². The number of hydrogen-bond donors (Lipinski definition) is 0. The zero-order chi connectivity index (χ0) is 10.1. The van der Waals surface area contributed by atoms with Crippen molar-refractivity contribution in [2.24, 2.45) is 0 Å². The van der Waals surface area contributed by atoms with Gasteiger partial charge in [0.2, 0.25) is 0 Å². The minimum Gasteiger partial charge on any atom is -0.166 e. The van der Waals surface area contributed by atoms with Gasteiger partial charge in [-0.2, -0.15) is 13.2 Å². The first kappa shape index (κ1) is 9.76. The highest BCUT2D eigenvalue weighted by atomic mass is 19.4. The molecule has 72 valence electrons. The Kier molecular flexibility index (Phi) is 2.40. The fourth-order valence-electron chi connectivity index (χ4n) is 0.787. The largest absolute Gasteiger partial charge is 0.416 e. The van der Waals surface area contributed by atoms with E-state index in [1.54, 1.807) is 0 Å². The molecule has 1 nitrogen and oxygen atoms in total. The molecule has 0 N–H and O–H groups in total. The topological polar surface area (TPSA) is 3.24 Å². The molecule has 0 unspecified atom stereocenters. The van der Waals surface area contributed by atoms with Crippen molar-refractivity contribution in [3.8, 4) is 0 Å². The maximum Gasteiger partial charge on any atom is 0.416 e. The molecule has 0 spiro atoms. The van der Waals surface area contributed by atoms with Crippen LogP contribution in [-0.2, 0) is 6.18 Å². The molecule has 1 rings (SSSR count). The molecule has 1 aromatic carbocycles. The minimum absolute atomic E-state index is 0.375. The van der Waals surface area contributed by atoms with Gasteiger partial charge in [-0.15, -0.1) is 0 Å². The van der Waals surface area contributed by atoms with Gasteiger partial charge in [-0.1, -0.05) is 15.0 Å². The summed E-state index contributed by atoms with van der Waals surface area (Å²) in [5.74, 6) is 0. The summed E-state index contributed by atoms with van der Waals surface area (Å²) < 4.78 is 59.5. The number of rotatable bonds is 1. The standard InChI is InChI=1S/C7H4F5N/c8-7(9,10)5-2-1-3-6(4-5)13(11)12/h1-4H. The molecule has 0 bridgehead atoms. The summed E-state index contributed by atoms with van der Waals surface area (Å²) in [6.07, 6.45) is -4.59. The Morgan fingerprint density at radius 1 is 1.08 bits per heavy atom. The molecule has 0 aliphatic heterocycles. The lowest BCUT2D eigenvalue weighted by molar-refractivity contribution is -0.137. The third-order valence-corrected chi connectivity index (χ3v) is 1.37. The summed E-state index contributed by atoms with van der Waals surface area (Å²) in [5, 5.41) is -1.37. The molecule has 0 saturated heterocycles. The van der Waals surface area contributed by atoms with Crippen LogP contribution in [0.15, 0.2) is 24.3 Å². The average Bonchev–Trinajstić information content (AvgIpc) is 2.03. The van der Waals surface area contributed by atoms with Crippen LogP contribution < -0.4 is 5.34 Å². The first-order chi connectivity index (χ1) is 5.91. The smallest absolute Gasteiger partial charge is 0.166 e. The van der Waals surface area contributed by atoms with Crippen molar-refractivity contribution < 1.29 is 22.1 Å². The van der Waals surface area contributed by atoms with Gasteiger partial charge in [-0.25, -0.2) is 0 Å². The molecule has 0 saturated carbocycles. The van der Waals surface area contributed by atoms with E-state index in [-0.39, 0.29) is 0 Å². The van der Waals surface area contributed by atoms with E-state index in [0.29, 0.717) is 6.07 Å². The van der Waals surface area contributed by atoms with Crippen LogP contribution in [0.4, 0.5) is 27.8 Å². The Balaban J connectivity index is 3.06. The maximum absolute atomic E-state index is 12.0. The normalized spacial score (nSPS) is 11.5. The first-order valence-corrected chi connectivity index (χ1v) is 3.20. The second-order valence-electron chi connectivity index (χ2n) is 2.28. The highest BCUT2D eigenvalue weighted by molar-refractivity contribution is 5.44. The van der Waals surface area contributed by atoms with Crippen LogP contribution in [0.5, 0.6) is 0 Å². The quantitative estimate of drug-likeness (QED) is 0.493. The lowest BCUT2D eigenvalue weighted by Crippen LogP contribution is -2.06. The molecule has 0 heterocycles. The summed E-state index contributed by atoms with van der Waals surface area (Å²) >= 11 is 0. The Morgan fingerprint density at radius 3 is 2.15 bits per heavy atom.